The molecule has 0 aliphatic carbocycles. The van der Waals surface area contributed by atoms with Gasteiger partial charge in [-0.3, -0.25) is 14.5 Å². The van der Waals surface area contributed by atoms with Gasteiger partial charge >= 0.3 is 0 Å². The molecule has 1 saturated heterocycles. The zero-order chi connectivity index (χ0) is 30.9. The van der Waals surface area contributed by atoms with Gasteiger partial charge in [0.2, 0.25) is 5.82 Å². The van der Waals surface area contributed by atoms with Crippen LogP contribution in [0.4, 0.5) is 16.0 Å². The second kappa shape index (κ2) is 11.7. The molecule has 1 aliphatic rings. The lowest BCUT2D eigenvalue weighted by atomic mass is 10.1. The summed E-state index contributed by atoms with van der Waals surface area (Å²) < 4.78 is 15.5. The minimum absolute atomic E-state index is 0.181. The molecular weight excluding hydrogens is 569 g/mol. The Morgan fingerprint density at radius 1 is 0.911 bits per heavy atom. The fourth-order valence-electron chi connectivity index (χ4n) is 5.75. The first-order valence-corrected chi connectivity index (χ1v) is 14.5. The predicted octanol–water partition coefficient (Wildman–Crippen LogP) is 4.64. The third-order valence-electron chi connectivity index (χ3n) is 7.92. The minimum atomic E-state index is -0.407. The average molecular weight is 598 g/mol. The molecule has 7 rings (SSSR count). The number of hydrogen-bond donors (Lipinski definition) is 1. The van der Waals surface area contributed by atoms with E-state index in [0.29, 0.717) is 39.8 Å². The van der Waals surface area contributed by atoms with Crippen molar-refractivity contribution in [2.75, 3.05) is 30.3 Å². The van der Waals surface area contributed by atoms with E-state index in [4.69, 9.17) is 15.7 Å². The van der Waals surface area contributed by atoms with Gasteiger partial charge in [-0.25, -0.2) is 29.3 Å². The third-order valence-corrected chi connectivity index (χ3v) is 7.92. The third kappa shape index (κ3) is 5.52. The lowest BCUT2D eigenvalue weighted by Gasteiger charge is -2.40. The number of benzene rings is 1. The first-order chi connectivity index (χ1) is 22.0. The van der Waals surface area contributed by atoms with Crippen LogP contribution in [0, 0.1) is 17.1 Å². The van der Waals surface area contributed by atoms with E-state index in [0.717, 1.165) is 37.7 Å². The largest absolute Gasteiger partial charge is 0.383 e. The second-order valence-electron chi connectivity index (χ2n) is 10.9. The van der Waals surface area contributed by atoms with Crippen LogP contribution >= 0.6 is 0 Å². The summed E-state index contributed by atoms with van der Waals surface area (Å²) in [7, 11) is 0. The highest BCUT2D eigenvalue weighted by Gasteiger charge is 2.25. The van der Waals surface area contributed by atoms with E-state index in [2.05, 4.69) is 60.9 Å². The molecule has 2 N–H and O–H groups in total. The Bertz CT molecular complexity index is 2030. The number of nitrogen functional groups attached to an aromatic ring is 1. The van der Waals surface area contributed by atoms with Gasteiger partial charge in [-0.2, -0.15) is 5.26 Å². The molecule has 1 fully saturated rings. The Kier molecular flexibility index (Phi) is 7.28. The van der Waals surface area contributed by atoms with E-state index < -0.39 is 5.82 Å². The summed E-state index contributed by atoms with van der Waals surface area (Å²) in [5, 5.41) is 9.19. The second-order valence-corrected chi connectivity index (χ2v) is 10.9. The van der Waals surface area contributed by atoms with Crippen LogP contribution in [0.3, 0.4) is 0 Å². The number of anilines is 2. The molecule has 11 nitrogen and oxygen atoms in total. The number of imidazole rings is 1. The first-order valence-electron chi connectivity index (χ1n) is 14.5. The average Bonchev–Trinajstić information content (AvgIpc) is 3.44. The van der Waals surface area contributed by atoms with Gasteiger partial charge in [-0.15, -0.1) is 0 Å². The molecule has 12 heteroatoms. The summed E-state index contributed by atoms with van der Waals surface area (Å²) in [5.74, 6) is 1.54. The number of nitrogens with two attached hydrogens (primary N) is 1. The number of rotatable bonds is 6. The quantitative estimate of drug-likeness (QED) is 0.289. The Hall–Kier alpha value is -5.80. The molecule has 1 atom stereocenters. The Morgan fingerprint density at radius 2 is 1.76 bits per heavy atom. The number of halogens is 1. The van der Waals surface area contributed by atoms with Gasteiger partial charge in [0.25, 0.3) is 0 Å². The van der Waals surface area contributed by atoms with E-state index in [1.807, 2.05) is 41.0 Å². The summed E-state index contributed by atoms with van der Waals surface area (Å²) in [6.07, 6.45) is 4.46. The van der Waals surface area contributed by atoms with Gasteiger partial charge in [0.1, 0.15) is 29.0 Å². The van der Waals surface area contributed by atoms with Crippen LogP contribution in [0.15, 0.2) is 85.3 Å². The zero-order valence-corrected chi connectivity index (χ0v) is 24.4. The Morgan fingerprint density at radius 3 is 2.51 bits per heavy atom. The molecule has 1 aliphatic heterocycles. The van der Waals surface area contributed by atoms with Gasteiger partial charge in [-0.1, -0.05) is 12.1 Å². The van der Waals surface area contributed by atoms with E-state index >= 15 is 0 Å². The zero-order valence-electron chi connectivity index (χ0n) is 24.4. The van der Waals surface area contributed by atoms with Crippen molar-refractivity contribution in [1.82, 2.24) is 39.4 Å². The fraction of sp³-hybridized carbons (Fsp3) is 0.182. The minimum Gasteiger partial charge on any atom is -0.383 e. The molecule has 1 aromatic carbocycles. The van der Waals surface area contributed by atoms with Gasteiger partial charge in [-0.05, 0) is 67.1 Å². The molecule has 5 aromatic heterocycles. The van der Waals surface area contributed by atoms with E-state index in [-0.39, 0.29) is 11.9 Å². The molecule has 0 bridgehead atoms. The molecule has 0 spiro atoms. The van der Waals surface area contributed by atoms with E-state index in [1.165, 1.54) is 17.8 Å². The van der Waals surface area contributed by atoms with Crippen LogP contribution in [0.2, 0.25) is 0 Å². The van der Waals surface area contributed by atoms with Crippen molar-refractivity contribution in [3.05, 3.63) is 103 Å². The maximum absolute atomic E-state index is 13.5. The van der Waals surface area contributed by atoms with E-state index in [1.54, 1.807) is 18.5 Å². The number of nitriles is 1. The van der Waals surface area contributed by atoms with Crippen LogP contribution < -0.4 is 10.6 Å². The standard InChI is InChI=1S/C33H28FN11/c1-21-19-43(15-16-44(21)30-12-14-37-29(17-35)42-30)20-22-4-7-24(8-5-22)45-32(25-3-2-13-38-31(25)36)41-28-11-10-27(40-33(28)45)26-9-6-23(34)18-39-26/h2-14,18,21H,15-16,19-20H2,1H3,(H2,36,38)/t21-/m0/s1. The summed E-state index contributed by atoms with van der Waals surface area (Å²) in [6, 6.07) is 22.8. The Balaban J connectivity index is 1.18. The van der Waals surface area contributed by atoms with Gasteiger partial charge in [0, 0.05) is 50.3 Å². The SMILES string of the molecule is C[C@H]1CN(Cc2ccc(-n3c(-c4cccnc4N)nc4ccc(-c5ccc(F)cn5)nc43)cc2)CCN1c1ccnc(C#N)n1. The molecular formula is C33H28FN11. The summed E-state index contributed by atoms with van der Waals surface area (Å²) >= 11 is 0. The lowest BCUT2D eigenvalue weighted by Crippen LogP contribution is -2.51. The van der Waals surface area contributed by atoms with Crippen molar-refractivity contribution in [1.29, 1.82) is 5.26 Å². The summed E-state index contributed by atoms with van der Waals surface area (Å²) in [6.45, 7) is 5.47. The number of fused-ring (bicyclic) bond motifs is 1. The molecule has 0 radical (unpaired) electrons. The number of piperazine rings is 1. The van der Waals surface area contributed by atoms with Crippen LogP contribution in [0.1, 0.15) is 18.3 Å². The van der Waals surface area contributed by atoms with Crippen molar-refractivity contribution < 1.29 is 4.39 Å². The van der Waals surface area contributed by atoms with Gasteiger partial charge < -0.3 is 10.6 Å². The van der Waals surface area contributed by atoms with Crippen molar-refractivity contribution in [3.8, 4) is 34.5 Å². The van der Waals surface area contributed by atoms with Gasteiger partial charge in [0.15, 0.2) is 11.5 Å². The first kappa shape index (κ1) is 28.0. The molecule has 0 saturated carbocycles. The van der Waals surface area contributed by atoms with Crippen LogP contribution in [0.5, 0.6) is 0 Å². The predicted molar refractivity (Wildman–Crippen MR) is 169 cm³/mol. The molecule has 222 valence electrons. The maximum Gasteiger partial charge on any atom is 0.234 e. The fourth-order valence-corrected chi connectivity index (χ4v) is 5.75. The highest BCUT2D eigenvalue weighted by molar-refractivity contribution is 5.84. The topological polar surface area (TPSA) is 139 Å². The van der Waals surface area contributed by atoms with Gasteiger partial charge in [0.05, 0.1) is 23.1 Å². The normalized spacial score (nSPS) is 15.3. The molecule has 0 unspecified atom stereocenters. The molecule has 6 heterocycles. The van der Waals surface area contributed by atoms with E-state index in [9.17, 15) is 9.65 Å². The Labute approximate surface area is 258 Å². The van der Waals surface area contributed by atoms with Crippen LogP contribution in [-0.4, -0.2) is 65.0 Å². The smallest absolute Gasteiger partial charge is 0.234 e. The molecule has 0 amide bonds. The molecule has 6 aromatic rings. The number of nitrogens with zero attached hydrogens (tertiary/aromatic N) is 10. The monoisotopic (exact) mass is 597 g/mol. The van der Waals surface area contributed by atoms with Crippen LogP contribution in [0.25, 0.3) is 39.6 Å². The van der Waals surface area contributed by atoms with Crippen molar-refractivity contribution >= 4 is 22.8 Å². The van der Waals surface area contributed by atoms with Crippen LogP contribution in [-0.2, 0) is 6.54 Å². The van der Waals surface area contributed by atoms with Crippen molar-refractivity contribution in [2.24, 2.45) is 0 Å². The number of pyridine rings is 3. The highest BCUT2D eigenvalue weighted by Crippen LogP contribution is 2.32. The number of hydrogen-bond acceptors (Lipinski definition) is 10. The maximum atomic E-state index is 13.5. The molecule has 45 heavy (non-hydrogen) atoms. The summed E-state index contributed by atoms with van der Waals surface area (Å²) in [4.78, 5) is 31.3. The highest BCUT2D eigenvalue weighted by atomic mass is 19.1. The van der Waals surface area contributed by atoms with Crippen molar-refractivity contribution in [2.45, 2.75) is 19.5 Å². The summed E-state index contributed by atoms with van der Waals surface area (Å²) in [5.41, 5.74) is 11.5. The number of aromatic nitrogens is 7. The van der Waals surface area contributed by atoms with Crippen molar-refractivity contribution in [3.63, 3.8) is 0 Å². The lowest BCUT2D eigenvalue weighted by molar-refractivity contribution is 0.220.